The third-order valence-corrected chi connectivity index (χ3v) is 1.61. The van der Waals surface area contributed by atoms with Crippen LogP contribution in [0.25, 0.3) is 0 Å². The molecule has 0 fully saturated rings. The molecule has 0 saturated carbocycles. The number of hydrazine groups is 1. The van der Waals surface area contributed by atoms with Crippen molar-refractivity contribution >= 4 is 11.7 Å². The summed E-state index contributed by atoms with van der Waals surface area (Å²) in [5, 5.41) is 1.34. The molecule has 0 amide bonds. The van der Waals surface area contributed by atoms with Gasteiger partial charge in [0.25, 0.3) is 0 Å². The highest BCUT2D eigenvalue weighted by Crippen LogP contribution is 2.08. The van der Waals surface area contributed by atoms with Gasteiger partial charge in [0.1, 0.15) is 6.54 Å². The molecule has 0 unspecified atom stereocenters. The molecule has 0 aliphatic heterocycles. The van der Waals surface area contributed by atoms with Gasteiger partial charge in [-0.05, 0) is 12.1 Å². The highest BCUT2D eigenvalue weighted by Gasteiger charge is 2.06. The Balaban J connectivity index is 2.59. The minimum absolute atomic E-state index is 0.0561. The molecule has 1 rings (SSSR count). The molecule has 0 atom stereocenters. The molecule has 0 aliphatic rings. The Labute approximate surface area is 76.9 Å². The van der Waals surface area contributed by atoms with Crippen LogP contribution < -0.4 is 10.9 Å². The molecule has 4 heteroatoms. The van der Waals surface area contributed by atoms with E-state index in [2.05, 4.69) is 4.74 Å². The van der Waals surface area contributed by atoms with Crippen LogP contribution in [0.15, 0.2) is 30.3 Å². The summed E-state index contributed by atoms with van der Waals surface area (Å²) in [6.07, 6.45) is 0. The minimum Gasteiger partial charge on any atom is -0.468 e. The van der Waals surface area contributed by atoms with Gasteiger partial charge in [-0.25, -0.2) is 5.84 Å². The molecule has 0 aromatic heterocycles. The molecule has 4 nitrogen and oxygen atoms in total. The lowest BCUT2D eigenvalue weighted by atomic mass is 10.3. The molecule has 0 heterocycles. The molecule has 0 bridgehead atoms. The number of benzene rings is 1. The third-order valence-electron chi connectivity index (χ3n) is 1.61. The monoisotopic (exact) mass is 180 g/mol. The van der Waals surface area contributed by atoms with Crippen molar-refractivity contribution in [2.24, 2.45) is 5.84 Å². The second-order valence-electron chi connectivity index (χ2n) is 2.54. The number of ether oxygens (including phenoxy) is 1. The normalized spacial score (nSPS) is 9.38. The number of hydrogen-bond donors (Lipinski definition) is 1. The molecule has 0 radical (unpaired) electrons. The summed E-state index contributed by atoms with van der Waals surface area (Å²) in [7, 11) is 1.33. The van der Waals surface area contributed by atoms with Crippen LogP contribution in [0, 0.1) is 0 Å². The second kappa shape index (κ2) is 4.47. The molecular formula is C9H12N2O2. The van der Waals surface area contributed by atoms with Crippen molar-refractivity contribution in [1.82, 2.24) is 0 Å². The fourth-order valence-electron chi connectivity index (χ4n) is 0.914. The summed E-state index contributed by atoms with van der Waals surface area (Å²) >= 11 is 0. The summed E-state index contributed by atoms with van der Waals surface area (Å²) in [5.74, 6) is 5.25. The molecule has 2 N–H and O–H groups in total. The highest BCUT2D eigenvalue weighted by molar-refractivity contribution is 5.75. The van der Waals surface area contributed by atoms with Gasteiger partial charge in [-0.2, -0.15) is 0 Å². The zero-order valence-electron chi connectivity index (χ0n) is 7.43. The van der Waals surface area contributed by atoms with E-state index in [9.17, 15) is 4.79 Å². The van der Waals surface area contributed by atoms with Gasteiger partial charge in [0.05, 0.1) is 12.8 Å². The Bertz CT molecular complexity index is 274. The number of anilines is 1. The maximum Gasteiger partial charge on any atom is 0.326 e. The van der Waals surface area contributed by atoms with Crippen molar-refractivity contribution in [2.75, 3.05) is 18.7 Å². The van der Waals surface area contributed by atoms with Gasteiger partial charge >= 0.3 is 5.97 Å². The first-order chi connectivity index (χ1) is 6.24. The van der Waals surface area contributed by atoms with Crippen LogP contribution in [0.3, 0.4) is 0 Å². The van der Waals surface area contributed by atoms with Gasteiger partial charge in [0.15, 0.2) is 0 Å². The fourth-order valence-corrected chi connectivity index (χ4v) is 0.914. The van der Waals surface area contributed by atoms with Crippen LogP contribution in [0.1, 0.15) is 0 Å². The zero-order chi connectivity index (χ0) is 9.68. The molecule has 0 saturated heterocycles. The molecule has 13 heavy (non-hydrogen) atoms. The van der Waals surface area contributed by atoms with Crippen molar-refractivity contribution < 1.29 is 9.53 Å². The number of hydrogen-bond acceptors (Lipinski definition) is 4. The molecular weight excluding hydrogens is 168 g/mol. The van der Waals surface area contributed by atoms with E-state index < -0.39 is 0 Å². The number of carbonyl (C=O) groups is 1. The molecule has 1 aromatic rings. The lowest BCUT2D eigenvalue weighted by Crippen LogP contribution is -2.36. The predicted octanol–water partition coefficient (Wildman–Crippen LogP) is 0.540. The first kappa shape index (κ1) is 9.54. The Hall–Kier alpha value is -1.55. The van der Waals surface area contributed by atoms with Crippen LogP contribution >= 0.6 is 0 Å². The van der Waals surface area contributed by atoms with Gasteiger partial charge < -0.3 is 4.74 Å². The summed E-state index contributed by atoms with van der Waals surface area (Å²) in [6.45, 7) is 0.0561. The zero-order valence-corrected chi connectivity index (χ0v) is 7.43. The van der Waals surface area contributed by atoms with Crippen molar-refractivity contribution in [3.63, 3.8) is 0 Å². The lowest BCUT2D eigenvalue weighted by Gasteiger charge is -2.16. The number of rotatable bonds is 3. The highest BCUT2D eigenvalue weighted by atomic mass is 16.5. The Morgan fingerprint density at radius 2 is 2.08 bits per heavy atom. The Morgan fingerprint density at radius 3 is 2.62 bits per heavy atom. The van der Waals surface area contributed by atoms with E-state index >= 15 is 0 Å². The van der Waals surface area contributed by atoms with Crippen LogP contribution in [0.2, 0.25) is 0 Å². The van der Waals surface area contributed by atoms with Crippen molar-refractivity contribution in [3.8, 4) is 0 Å². The van der Waals surface area contributed by atoms with Gasteiger partial charge in [0.2, 0.25) is 0 Å². The van der Waals surface area contributed by atoms with Crippen LogP contribution in [0.5, 0.6) is 0 Å². The smallest absolute Gasteiger partial charge is 0.326 e. The van der Waals surface area contributed by atoms with E-state index in [0.717, 1.165) is 5.69 Å². The molecule has 70 valence electrons. The van der Waals surface area contributed by atoms with Gasteiger partial charge in [0, 0.05) is 0 Å². The van der Waals surface area contributed by atoms with Crippen LogP contribution in [-0.4, -0.2) is 19.6 Å². The standard InChI is InChI=1S/C9H12N2O2/c1-13-9(12)7-11(10)8-5-3-2-4-6-8/h2-6H,7,10H2,1H3. The van der Waals surface area contributed by atoms with Crippen molar-refractivity contribution in [2.45, 2.75) is 0 Å². The number of carbonyl (C=O) groups excluding carboxylic acids is 1. The number of nitrogens with two attached hydrogens (primary N) is 1. The summed E-state index contributed by atoms with van der Waals surface area (Å²) in [5.41, 5.74) is 0.785. The van der Waals surface area contributed by atoms with Gasteiger partial charge in [-0.1, -0.05) is 18.2 Å². The second-order valence-corrected chi connectivity index (χ2v) is 2.54. The SMILES string of the molecule is COC(=O)CN(N)c1ccccc1. The Morgan fingerprint density at radius 1 is 1.46 bits per heavy atom. The average molecular weight is 180 g/mol. The van der Waals surface area contributed by atoms with Crippen molar-refractivity contribution in [3.05, 3.63) is 30.3 Å². The van der Waals surface area contributed by atoms with E-state index in [1.807, 2.05) is 30.3 Å². The van der Waals surface area contributed by atoms with E-state index in [1.54, 1.807) is 0 Å². The number of nitrogens with zero attached hydrogens (tertiary/aromatic N) is 1. The van der Waals surface area contributed by atoms with E-state index in [4.69, 9.17) is 5.84 Å². The fraction of sp³-hybridized carbons (Fsp3) is 0.222. The topological polar surface area (TPSA) is 55.6 Å². The van der Waals surface area contributed by atoms with Crippen LogP contribution in [0.4, 0.5) is 5.69 Å². The lowest BCUT2D eigenvalue weighted by molar-refractivity contribution is -0.138. The van der Waals surface area contributed by atoms with Gasteiger partial charge in [-0.3, -0.25) is 9.80 Å². The first-order valence-corrected chi connectivity index (χ1v) is 3.88. The van der Waals surface area contributed by atoms with E-state index in [0.29, 0.717) is 0 Å². The average Bonchev–Trinajstić information content (AvgIpc) is 2.19. The predicted molar refractivity (Wildman–Crippen MR) is 50.0 cm³/mol. The largest absolute Gasteiger partial charge is 0.468 e. The van der Waals surface area contributed by atoms with Crippen LogP contribution in [-0.2, 0) is 9.53 Å². The Kier molecular flexibility index (Phi) is 3.28. The molecule has 0 aliphatic carbocycles. The molecule has 0 spiro atoms. The number of para-hydroxylation sites is 1. The van der Waals surface area contributed by atoms with Crippen molar-refractivity contribution in [1.29, 1.82) is 0 Å². The summed E-state index contributed by atoms with van der Waals surface area (Å²) in [4.78, 5) is 10.9. The third kappa shape index (κ3) is 2.76. The van der Waals surface area contributed by atoms with E-state index in [1.165, 1.54) is 12.1 Å². The molecule has 1 aromatic carbocycles. The minimum atomic E-state index is -0.355. The maximum atomic E-state index is 10.9. The summed E-state index contributed by atoms with van der Waals surface area (Å²) in [6, 6.07) is 9.24. The number of esters is 1. The number of methoxy groups -OCH3 is 1. The first-order valence-electron chi connectivity index (χ1n) is 3.88. The maximum absolute atomic E-state index is 10.9. The van der Waals surface area contributed by atoms with E-state index in [-0.39, 0.29) is 12.5 Å². The van der Waals surface area contributed by atoms with Gasteiger partial charge in [-0.15, -0.1) is 0 Å². The summed E-state index contributed by atoms with van der Waals surface area (Å²) < 4.78 is 4.48. The quantitative estimate of drug-likeness (QED) is 0.419.